The van der Waals surface area contributed by atoms with Crippen molar-refractivity contribution >= 4 is 12.1 Å². The molecule has 0 saturated carbocycles. The van der Waals surface area contributed by atoms with Gasteiger partial charge in [0.2, 0.25) is 5.78 Å². The molecule has 4 heteroatoms. The zero-order chi connectivity index (χ0) is 15.4. The molecule has 0 aliphatic carbocycles. The van der Waals surface area contributed by atoms with Gasteiger partial charge in [-0.1, -0.05) is 0 Å². The minimum atomic E-state index is -0.0396. The van der Waals surface area contributed by atoms with E-state index in [-0.39, 0.29) is 12.4 Å². The topological polar surface area (TPSA) is 48.3 Å². The number of benzene rings is 1. The summed E-state index contributed by atoms with van der Waals surface area (Å²) in [7, 11) is 0. The molecule has 110 valence electrons. The summed E-state index contributed by atoms with van der Waals surface area (Å²) in [6.07, 6.45) is 0.772. The molecule has 0 atom stereocenters. The number of aldehydes is 1. The lowest BCUT2D eigenvalue weighted by Gasteiger charge is -2.07. The summed E-state index contributed by atoms with van der Waals surface area (Å²) >= 11 is 0. The van der Waals surface area contributed by atoms with Crippen LogP contribution in [-0.2, 0) is 6.54 Å². The maximum Gasteiger partial charge on any atom is 0.202 e. The van der Waals surface area contributed by atoms with Crippen LogP contribution in [-0.4, -0.2) is 23.2 Å². The fourth-order valence-corrected chi connectivity index (χ4v) is 2.44. The van der Waals surface area contributed by atoms with Gasteiger partial charge in [-0.25, -0.2) is 0 Å². The first-order chi connectivity index (χ1) is 10.1. The summed E-state index contributed by atoms with van der Waals surface area (Å²) in [5.41, 5.74) is 3.34. The number of hydrogen-bond donors (Lipinski definition) is 0. The van der Waals surface area contributed by atoms with Gasteiger partial charge in [-0.2, -0.15) is 0 Å². The Morgan fingerprint density at radius 2 is 1.90 bits per heavy atom. The molecule has 0 N–H and O–H groups in total. The number of ether oxygens (including phenoxy) is 1. The van der Waals surface area contributed by atoms with E-state index in [1.807, 2.05) is 19.9 Å². The van der Waals surface area contributed by atoms with E-state index >= 15 is 0 Å². The van der Waals surface area contributed by atoms with E-state index in [0.717, 1.165) is 24.2 Å². The van der Waals surface area contributed by atoms with E-state index in [2.05, 4.69) is 11.5 Å². The van der Waals surface area contributed by atoms with E-state index in [4.69, 9.17) is 4.74 Å². The van der Waals surface area contributed by atoms with Crippen LogP contribution in [0.2, 0.25) is 0 Å². The van der Waals surface area contributed by atoms with Crippen LogP contribution in [0.5, 0.6) is 5.75 Å². The van der Waals surface area contributed by atoms with Gasteiger partial charge >= 0.3 is 0 Å². The standard InChI is InChI=1S/C17H19NO3/c1-4-18-12(2)9-16(13(18)3)17(20)11-21-15-7-5-14(10-19)6-8-15/h5-10H,4,11H2,1-3H3. The van der Waals surface area contributed by atoms with Crippen molar-refractivity contribution in [2.24, 2.45) is 0 Å². The molecule has 1 aromatic carbocycles. The quantitative estimate of drug-likeness (QED) is 0.605. The van der Waals surface area contributed by atoms with Crippen LogP contribution < -0.4 is 4.74 Å². The van der Waals surface area contributed by atoms with Crippen molar-refractivity contribution in [2.45, 2.75) is 27.3 Å². The molecule has 0 bridgehead atoms. The number of hydrogen-bond acceptors (Lipinski definition) is 3. The largest absolute Gasteiger partial charge is 0.485 e. The third-order valence-electron chi connectivity index (χ3n) is 3.58. The first kappa shape index (κ1) is 15.0. The Kier molecular flexibility index (Phi) is 4.58. The van der Waals surface area contributed by atoms with Crippen LogP contribution in [0.1, 0.15) is 39.0 Å². The maximum absolute atomic E-state index is 12.2. The Morgan fingerprint density at radius 3 is 2.43 bits per heavy atom. The number of aromatic nitrogens is 1. The smallest absolute Gasteiger partial charge is 0.202 e. The molecular formula is C17H19NO3. The van der Waals surface area contributed by atoms with Crippen LogP contribution in [0, 0.1) is 13.8 Å². The highest BCUT2D eigenvalue weighted by Gasteiger charge is 2.15. The van der Waals surface area contributed by atoms with Crippen molar-refractivity contribution in [2.75, 3.05) is 6.61 Å². The van der Waals surface area contributed by atoms with Gasteiger partial charge < -0.3 is 9.30 Å². The summed E-state index contributed by atoms with van der Waals surface area (Å²) in [4.78, 5) is 22.8. The molecule has 0 unspecified atom stereocenters. The summed E-state index contributed by atoms with van der Waals surface area (Å²) in [6, 6.07) is 8.60. The predicted octanol–water partition coefficient (Wildman–Crippen LogP) is 3.20. The predicted molar refractivity (Wildman–Crippen MR) is 81.2 cm³/mol. The fourth-order valence-electron chi connectivity index (χ4n) is 2.44. The van der Waals surface area contributed by atoms with Gasteiger partial charge in [-0.15, -0.1) is 0 Å². The van der Waals surface area contributed by atoms with Crippen molar-refractivity contribution in [3.63, 3.8) is 0 Å². The molecule has 2 aromatic rings. The minimum absolute atomic E-state index is 0.00551. The molecule has 0 aliphatic heterocycles. The van der Waals surface area contributed by atoms with E-state index in [1.54, 1.807) is 24.3 Å². The number of Topliss-reactive ketones (excluding diaryl/α,β-unsaturated/α-hetero) is 1. The summed E-state index contributed by atoms with van der Waals surface area (Å²) in [6.45, 7) is 6.83. The monoisotopic (exact) mass is 285 g/mol. The highest BCUT2D eigenvalue weighted by molar-refractivity contribution is 5.98. The van der Waals surface area contributed by atoms with E-state index in [1.165, 1.54) is 0 Å². The van der Waals surface area contributed by atoms with Crippen molar-refractivity contribution in [3.8, 4) is 5.75 Å². The molecular weight excluding hydrogens is 266 g/mol. The number of aryl methyl sites for hydroxylation is 1. The first-order valence-corrected chi connectivity index (χ1v) is 6.94. The molecule has 0 fully saturated rings. The van der Waals surface area contributed by atoms with Crippen LogP contribution in [0.15, 0.2) is 30.3 Å². The Morgan fingerprint density at radius 1 is 1.24 bits per heavy atom. The lowest BCUT2D eigenvalue weighted by molar-refractivity contribution is 0.0920. The van der Waals surface area contributed by atoms with Crippen molar-refractivity contribution < 1.29 is 14.3 Å². The maximum atomic E-state index is 12.2. The van der Waals surface area contributed by atoms with Crippen LogP contribution in [0.25, 0.3) is 0 Å². The Hall–Kier alpha value is -2.36. The van der Waals surface area contributed by atoms with Gasteiger partial charge in [0.05, 0.1) is 0 Å². The number of carbonyl (C=O) groups excluding carboxylic acids is 2. The summed E-state index contributed by atoms with van der Waals surface area (Å²) in [5.74, 6) is 0.542. The van der Waals surface area contributed by atoms with Gasteiger partial charge in [-0.3, -0.25) is 9.59 Å². The van der Waals surface area contributed by atoms with Crippen molar-refractivity contribution in [3.05, 3.63) is 52.8 Å². The Bertz CT molecular complexity index is 653. The first-order valence-electron chi connectivity index (χ1n) is 6.94. The van der Waals surface area contributed by atoms with Gasteiger partial charge in [0.25, 0.3) is 0 Å². The second-order valence-corrected chi connectivity index (χ2v) is 4.93. The number of nitrogens with zero attached hydrogens (tertiary/aromatic N) is 1. The number of rotatable bonds is 6. The lowest BCUT2D eigenvalue weighted by atomic mass is 10.1. The lowest BCUT2D eigenvalue weighted by Crippen LogP contribution is -2.12. The Labute approximate surface area is 124 Å². The second-order valence-electron chi connectivity index (χ2n) is 4.93. The normalized spacial score (nSPS) is 10.4. The number of ketones is 1. The van der Waals surface area contributed by atoms with Crippen LogP contribution >= 0.6 is 0 Å². The van der Waals surface area contributed by atoms with E-state index in [9.17, 15) is 9.59 Å². The van der Waals surface area contributed by atoms with Gasteiger partial charge in [-0.05, 0) is 51.1 Å². The third kappa shape index (κ3) is 3.21. The summed E-state index contributed by atoms with van der Waals surface area (Å²) < 4.78 is 7.59. The summed E-state index contributed by atoms with van der Waals surface area (Å²) in [5, 5.41) is 0. The Balaban J connectivity index is 2.06. The van der Waals surface area contributed by atoms with Crippen LogP contribution in [0.3, 0.4) is 0 Å². The average Bonchev–Trinajstić information content (AvgIpc) is 2.79. The molecule has 1 heterocycles. The fraction of sp³-hybridized carbons (Fsp3) is 0.294. The van der Waals surface area contributed by atoms with Gasteiger partial charge in [0.15, 0.2) is 6.61 Å². The molecule has 0 spiro atoms. The number of carbonyl (C=O) groups is 2. The van der Waals surface area contributed by atoms with Crippen molar-refractivity contribution in [1.29, 1.82) is 0 Å². The molecule has 21 heavy (non-hydrogen) atoms. The molecule has 4 nitrogen and oxygen atoms in total. The average molecular weight is 285 g/mol. The van der Waals surface area contributed by atoms with Crippen molar-refractivity contribution in [1.82, 2.24) is 4.57 Å². The molecule has 1 aromatic heterocycles. The zero-order valence-electron chi connectivity index (χ0n) is 12.6. The van der Waals surface area contributed by atoms with Gasteiger partial charge in [0, 0.05) is 29.1 Å². The molecule has 2 rings (SSSR count). The second kappa shape index (κ2) is 6.39. The molecule has 0 saturated heterocycles. The highest BCUT2D eigenvalue weighted by atomic mass is 16.5. The molecule has 0 radical (unpaired) electrons. The van der Waals surface area contributed by atoms with E-state index in [0.29, 0.717) is 16.9 Å². The van der Waals surface area contributed by atoms with Gasteiger partial charge in [0.1, 0.15) is 12.0 Å². The SMILES string of the molecule is CCn1c(C)cc(C(=O)COc2ccc(C=O)cc2)c1C. The minimum Gasteiger partial charge on any atom is -0.485 e. The third-order valence-corrected chi connectivity index (χ3v) is 3.58. The molecule has 0 amide bonds. The zero-order valence-corrected chi connectivity index (χ0v) is 12.6. The highest BCUT2D eigenvalue weighted by Crippen LogP contribution is 2.17. The molecule has 0 aliphatic rings. The van der Waals surface area contributed by atoms with Crippen LogP contribution in [0.4, 0.5) is 0 Å². The van der Waals surface area contributed by atoms with E-state index < -0.39 is 0 Å².